The molecule has 0 aliphatic heterocycles. The van der Waals surface area contributed by atoms with Crippen LogP contribution in [-0.4, -0.2) is 21.7 Å². The van der Waals surface area contributed by atoms with Gasteiger partial charge in [0.2, 0.25) is 0 Å². The van der Waals surface area contributed by atoms with Crippen molar-refractivity contribution in [2.75, 3.05) is 0 Å². The number of hydrogen-bond donors (Lipinski definition) is 1. The van der Waals surface area contributed by atoms with Gasteiger partial charge in [0.1, 0.15) is 0 Å². The van der Waals surface area contributed by atoms with Gasteiger partial charge in [-0.2, -0.15) is 5.10 Å². The average Bonchev–Trinajstić information content (AvgIpc) is 3.09. The molecule has 0 unspecified atom stereocenters. The minimum atomic E-state index is -0.0605. The molecule has 104 valence electrons. The molecule has 1 aromatic heterocycles. The molecule has 0 bridgehead atoms. The molecule has 2 aromatic rings. The maximum atomic E-state index is 12.2. The fraction of sp³-hybridized carbons (Fsp3) is 0.375. The topological polar surface area (TPSA) is 46.9 Å². The second-order valence-electron chi connectivity index (χ2n) is 5.36. The van der Waals surface area contributed by atoms with Crippen LogP contribution in [0.4, 0.5) is 0 Å². The van der Waals surface area contributed by atoms with Gasteiger partial charge >= 0.3 is 0 Å². The van der Waals surface area contributed by atoms with Gasteiger partial charge in [-0.15, -0.1) is 0 Å². The highest BCUT2D eigenvalue weighted by molar-refractivity contribution is 5.93. The first kappa shape index (κ1) is 12.9. The Labute approximate surface area is 118 Å². The molecular formula is C16H19N3O. The highest BCUT2D eigenvalue weighted by Crippen LogP contribution is 2.21. The summed E-state index contributed by atoms with van der Waals surface area (Å²) in [5.74, 6) is -0.0605. The van der Waals surface area contributed by atoms with Crippen molar-refractivity contribution >= 4 is 5.91 Å². The standard InChI is InChI=1S/C16H19N3O/c1-19-15(12-7-3-2-4-8-12)11-14(18-19)16(20)17-13-9-5-6-10-13/h2-4,7-8,11,13H,5-6,9-10H2,1H3,(H,17,20). The zero-order valence-electron chi connectivity index (χ0n) is 11.7. The third kappa shape index (κ3) is 2.59. The molecule has 1 N–H and O–H groups in total. The van der Waals surface area contributed by atoms with Crippen LogP contribution in [-0.2, 0) is 7.05 Å². The molecule has 3 rings (SSSR count). The van der Waals surface area contributed by atoms with E-state index in [1.54, 1.807) is 4.68 Å². The Morgan fingerprint density at radius 2 is 1.95 bits per heavy atom. The Balaban J connectivity index is 1.79. The van der Waals surface area contributed by atoms with Crippen molar-refractivity contribution in [2.24, 2.45) is 7.05 Å². The van der Waals surface area contributed by atoms with Gasteiger partial charge in [-0.05, 0) is 24.5 Å². The van der Waals surface area contributed by atoms with Crippen LogP contribution >= 0.6 is 0 Å². The summed E-state index contributed by atoms with van der Waals surface area (Å²) < 4.78 is 1.76. The van der Waals surface area contributed by atoms with Gasteiger partial charge in [0.15, 0.2) is 5.69 Å². The van der Waals surface area contributed by atoms with Gasteiger partial charge in [0.05, 0.1) is 5.69 Å². The molecule has 1 aromatic carbocycles. The predicted molar refractivity (Wildman–Crippen MR) is 78.4 cm³/mol. The summed E-state index contributed by atoms with van der Waals surface area (Å²) in [6, 6.07) is 12.2. The van der Waals surface area contributed by atoms with E-state index in [1.807, 2.05) is 43.4 Å². The van der Waals surface area contributed by atoms with Crippen molar-refractivity contribution in [3.8, 4) is 11.3 Å². The quantitative estimate of drug-likeness (QED) is 0.931. The number of benzene rings is 1. The van der Waals surface area contributed by atoms with Gasteiger partial charge in [-0.1, -0.05) is 43.2 Å². The Hall–Kier alpha value is -2.10. The van der Waals surface area contributed by atoms with Crippen molar-refractivity contribution in [3.05, 3.63) is 42.1 Å². The number of aryl methyl sites for hydroxylation is 1. The first-order chi connectivity index (χ1) is 9.74. The van der Waals surface area contributed by atoms with E-state index in [0.717, 1.165) is 24.1 Å². The summed E-state index contributed by atoms with van der Waals surface area (Å²) in [5.41, 5.74) is 2.53. The monoisotopic (exact) mass is 269 g/mol. The molecular weight excluding hydrogens is 250 g/mol. The molecule has 20 heavy (non-hydrogen) atoms. The van der Waals surface area contributed by atoms with Crippen LogP contribution in [0.25, 0.3) is 11.3 Å². The van der Waals surface area contributed by atoms with E-state index in [-0.39, 0.29) is 5.91 Å². The van der Waals surface area contributed by atoms with Gasteiger partial charge < -0.3 is 5.32 Å². The summed E-state index contributed by atoms with van der Waals surface area (Å²) in [5, 5.41) is 7.41. The summed E-state index contributed by atoms with van der Waals surface area (Å²) in [6.07, 6.45) is 4.60. The lowest BCUT2D eigenvalue weighted by atomic mass is 10.1. The lowest BCUT2D eigenvalue weighted by molar-refractivity contribution is 0.0932. The maximum absolute atomic E-state index is 12.2. The first-order valence-corrected chi connectivity index (χ1v) is 7.14. The minimum Gasteiger partial charge on any atom is -0.348 e. The third-order valence-corrected chi connectivity index (χ3v) is 3.87. The van der Waals surface area contributed by atoms with Crippen LogP contribution in [0.3, 0.4) is 0 Å². The lowest BCUT2D eigenvalue weighted by Gasteiger charge is -2.09. The zero-order chi connectivity index (χ0) is 13.9. The molecule has 1 aliphatic rings. The largest absolute Gasteiger partial charge is 0.348 e. The SMILES string of the molecule is Cn1nc(C(=O)NC2CCCC2)cc1-c1ccccc1. The van der Waals surface area contributed by atoms with Crippen LogP contribution in [0.1, 0.15) is 36.2 Å². The van der Waals surface area contributed by atoms with Crippen LogP contribution in [0.2, 0.25) is 0 Å². The summed E-state index contributed by atoms with van der Waals surface area (Å²) >= 11 is 0. The average molecular weight is 269 g/mol. The van der Waals surface area contributed by atoms with Gasteiger partial charge in [0, 0.05) is 13.1 Å². The van der Waals surface area contributed by atoms with Crippen molar-refractivity contribution < 1.29 is 4.79 Å². The molecule has 1 aliphatic carbocycles. The molecule has 1 fully saturated rings. The fourth-order valence-corrected chi connectivity index (χ4v) is 2.79. The summed E-state index contributed by atoms with van der Waals surface area (Å²) in [6.45, 7) is 0. The predicted octanol–water partition coefficient (Wildman–Crippen LogP) is 2.76. The minimum absolute atomic E-state index is 0.0605. The number of rotatable bonds is 3. The Morgan fingerprint density at radius 1 is 1.25 bits per heavy atom. The Bertz CT molecular complexity index is 597. The number of amides is 1. The fourth-order valence-electron chi connectivity index (χ4n) is 2.79. The number of nitrogens with zero attached hydrogens (tertiary/aromatic N) is 2. The smallest absolute Gasteiger partial charge is 0.272 e. The number of carbonyl (C=O) groups excluding carboxylic acids is 1. The van der Waals surface area contributed by atoms with Crippen molar-refractivity contribution in [1.82, 2.24) is 15.1 Å². The Morgan fingerprint density at radius 3 is 2.65 bits per heavy atom. The molecule has 0 spiro atoms. The summed E-state index contributed by atoms with van der Waals surface area (Å²) in [7, 11) is 1.87. The van der Waals surface area contributed by atoms with E-state index in [1.165, 1.54) is 12.8 Å². The van der Waals surface area contributed by atoms with E-state index in [2.05, 4.69) is 10.4 Å². The zero-order valence-corrected chi connectivity index (χ0v) is 11.7. The highest BCUT2D eigenvalue weighted by Gasteiger charge is 2.20. The van der Waals surface area contributed by atoms with Crippen molar-refractivity contribution in [2.45, 2.75) is 31.7 Å². The highest BCUT2D eigenvalue weighted by atomic mass is 16.2. The van der Waals surface area contributed by atoms with Gasteiger partial charge in [-0.25, -0.2) is 0 Å². The third-order valence-electron chi connectivity index (χ3n) is 3.87. The normalized spacial score (nSPS) is 15.4. The van der Waals surface area contributed by atoms with E-state index in [0.29, 0.717) is 11.7 Å². The number of carbonyl (C=O) groups is 1. The number of aromatic nitrogens is 2. The molecule has 0 radical (unpaired) electrons. The number of nitrogens with one attached hydrogen (secondary N) is 1. The molecule has 1 amide bonds. The van der Waals surface area contributed by atoms with E-state index >= 15 is 0 Å². The van der Waals surface area contributed by atoms with Crippen LogP contribution < -0.4 is 5.32 Å². The van der Waals surface area contributed by atoms with Crippen LogP contribution in [0.15, 0.2) is 36.4 Å². The molecule has 4 nitrogen and oxygen atoms in total. The molecule has 1 heterocycles. The molecule has 1 saturated carbocycles. The molecule has 0 saturated heterocycles. The molecule has 4 heteroatoms. The summed E-state index contributed by atoms with van der Waals surface area (Å²) in [4.78, 5) is 12.2. The Kier molecular flexibility index (Phi) is 3.54. The van der Waals surface area contributed by atoms with Gasteiger partial charge in [0.25, 0.3) is 5.91 Å². The second-order valence-corrected chi connectivity index (χ2v) is 5.36. The first-order valence-electron chi connectivity index (χ1n) is 7.14. The van der Waals surface area contributed by atoms with Crippen LogP contribution in [0.5, 0.6) is 0 Å². The van der Waals surface area contributed by atoms with E-state index in [4.69, 9.17) is 0 Å². The van der Waals surface area contributed by atoms with Crippen molar-refractivity contribution in [1.29, 1.82) is 0 Å². The van der Waals surface area contributed by atoms with E-state index in [9.17, 15) is 4.79 Å². The lowest BCUT2D eigenvalue weighted by Crippen LogP contribution is -2.32. The van der Waals surface area contributed by atoms with Crippen LogP contribution in [0, 0.1) is 0 Å². The van der Waals surface area contributed by atoms with E-state index < -0.39 is 0 Å². The van der Waals surface area contributed by atoms with Gasteiger partial charge in [-0.3, -0.25) is 9.48 Å². The second kappa shape index (κ2) is 5.49. The molecule has 0 atom stereocenters. The number of hydrogen-bond acceptors (Lipinski definition) is 2. The van der Waals surface area contributed by atoms with Crippen molar-refractivity contribution in [3.63, 3.8) is 0 Å². The maximum Gasteiger partial charge on any atom is 0.272 e.